The maximum atomic E-state index is 14.5. The SMILES string of the molecule is CN(C(=O)CN(c1ccccc1F)S(=O)(=O)c1ccccc1)C1CCCCC1O. The highest BCUT2D eigenvalue weighted by Crippen LogP contribution is 2.27. The van der Waals surface area contributed by atoms with Crippen molar-refractivity contribution in [3.63, 3.8) is 0 Å². The Hall–Kier alpha value is -2.45. The summed E-state index contributed by atoms with van der Waals surface area (Å²) < 4.78 is 41.7. The third-order valence-corrected chi connectivity index (χ3v) is 7.09. The Bertz CT molecular complexity index is 952. The fraction of sp³-hybridized carbons (Fsp3) is 0.381. The molecule has 6 nitrogen and oxygen atoms in total. The molecule has 0 radical (unpaired) electrons. The minimum atomic E-state index is -4.17. The molecule has 8 heteroatoms. The van der Waals surface area contributed by atoms with E-state index < -0.39 is 34.4 Å². The summed E-state index contributed by atoms with van der Waals surface area (Å²) in [5.74, 6) is -1.24. The monoisotopic (exact) mass is 420 g/mol. The molecule has 0 bridgehead atoms. The quantitative estimate of drug-likeness (QED) is 0.780. The number of rotatable bonds is 6. The molecule has 1 fully saturated rings. The number of aliphatic hydroxyl groups excluding tert-OH is 1. The molecule has 156 valence electrons. The van der Waals surface area contributed by atoms with E-state index in [1.165, 1.54) is 35.2 Å². The first-order valence-corrected chi connectivity index (χ1v) is 11.0. The van der Waals surface area contributed by atoms with Gasteiger partial charge in [-0.3, -0.25) is 9.10 Å². The second-order valence-corrected chi connectivity index (χ2v) is 9.06. The molecule has 3 rings (SSSR count). The lowest BCUT2D eigenvalue weighted by Crippen LogP contribution is -2.50. The first-order valence-electron chi connectivity index (χ1n) is 9.58. The number of sulfonamides is 1. The molecule has 0 spiro atoms. The third kappa shape index (κ3) is 4.59. The lowest BCUT2D eigenvalue weighted by Gasteiger charge is -2.36. The summed E-state index contributed by atoms with van der Waals surface area (Å²) in [5.41, 5.74) is -0.192. The van der Waals surface area contributed by atoms with Crippen LogP contribution in [0, 0.1) is 5.82 Å². The van der Waals surface area contributed by atoms with E-state index in [0.29, 0.717) is 12.8 Å². The first-order chi connectivity index (χ1) is 13.8. The third-order valence-electron chi connectivity index (χ3n) is 5.32. The predicted molar refractivity (Wildman–Crippen MR) is 108 cm³/mol. The van der Waals surface area contributed by atoms with Crippen LogP contribution in [0.5, 0.6) is 0 Å². The van der Waals surface area contributed by atoms with Crippen molar-refractivity contribution >= 4 is 21.6 Å². The maximum absolute atomic E-state index is 14.5. The number of amides is 1. The van der Waals surface area contributed by atoms with Crippen molar-refractivity contribution in [1.82, 2.24) is 4.90 Å². The molecule has 0 aliphatic heterocycles. The van der Waals surface area contributed by atoms with E-state index in [9.17, 15) is 22.7 Å². The minimum absolute atomic E-state index is 0.0311. The van der Waals surface area contributed by atoms with Crippen molar-refractivity contribution in [1.29, 1.82) is 0 Å². The van der Waals surface area contributed by atoms with Gasteiger partial charge in [-0.25, -0.2) is 12.8 Å². The van der Waals surface area contributed by atoms with Crippen molar-refractivity contribution in [3.05, 3.63) is 60.4 Å². The van der Waals surface area contributed by atoms with E-state index in [1.54, 1.807) is 25.2 Å². The maximum Gasteiger partial charge on any atom is 0.264 e. The standard InChI is InChI=1S/C21H25FN2O4S/c1-23(19-13-7-8-14-20(19)25)21(26)15-24(18-12-6-5-11-17(18)22)29(27,28)16-9-3-2-4-10-16/h2-6,9-12,19-20,25H,7-8,13-15H2,1H3. The molecule has 2 atom stereocenters. The lowest BCUT2D eigenvalue weighted by atomic mass is 9.91. The molecular formula is C21H25FN2O4S. The number of nitrogens with zero attached hydrogens (tertiary/aromatic N) is 2. The van der Waals surface area contributed by atoms with Crippen LogP contribution in [0.3, 0.4) is 0 Å². The minimum Gasteiger partial charge on any atom is -0.391 e. The second-order valence-electron chi connectivity index (χ2n) is 7.20. The van der Waals surface area contributed by atoms with Crippen LogP contribution < -0.4 is 4.31 Å². The molecule has 2 aromatic carbocycles. The van der Waals surface area contributed by atoms with Crippen LogP contribution in [0.1, 0.15) is 25.7 Å². The van der Waals surface area contributed by atoms with E-state index >= 15 is 0 Å². The second kappa shape index (κ2) is 8.92. The van der Waals surface area contributed by atoms with Gasteiger partial charge in [-0.15, -0.1) is 0 Å². The molecule has 2 unspecified atom stereocenters. The fourth-order valence-electron chi connectivity index (χ4n) is 3.64. The van der Waals surface area contributed by atoms with Gasteiger partial charge in [0.05, 0.1) is 22.7 Å². The molecule has 1 aliphatic rings. The Morgan fingerprint density at radius 1 is 1.07 bits per heavy atom. The van der Waals surface area contributed by atoms with E-state index in [-0.39, 0.29) is 16.6 Å². The summed E-state index contributed by atoms with van der Waals surface area (Å²) in [4.78, 5) is 14.3. The Labute approximate surface area is 170 Å². The summed E-state index contributed by atoms with van der Waals surface area (Å²) >= 11 is 0. The number of benzene rings is 2. The van der Waals surface area contributed by atoms with Crippen LogP contribution in [-0.2, 0) is 14.8 Å². The van der Waals surface area contributed by atoms with Gasteiger partial charge in [-0.1, -0.05) is 43.2 Å². The van der Waals surface area contributed by atoms with Crippen molar-refractivity contribution in [3.8, 4) is 0 Å². The van der Waals surface area contributed by atoms with E-state index in [0.717, 1.165) is 23.2 Å². The Kier molecular flexibility index (Phi) is 6.54. The topological polar surface area (TPSA) is 77.9 Å². The Morgan fingerprint density at radius 2 is 1.69 bits per heavy atom. The summed E-state index contributed by atoms with van der Waals surface area (Å²) in [6, 6.07) is 12.7. The number of hydrogen-bond donors (Lipinski definition) is 1. The van der Waals surface area contributed by atoms with Crippen molar-refractivity contribution in [2.45, 2.75) is 42.7 Å². The molecule has 0 aromatic heterocycles. The number of carbonyl (C=O) groups is 1. The summed E-state index contributed by atoms with van der Waals surface area (Å²) in [5, 5.41) is 10.2. The van der Waals surface area contributed by atoms with Crippen molar-refractivity contribution in [2.75, 3.05) is 17.9 Å². The highest BCUT2D eigenvalue weighted by atomic mass is 32.2. The lowest BCUT2D eigenvalue weighted by molar-refractivity contribution is -0.133. The van der Waals surface area contributed by atoms with Gasteiger partial charge in [0.15, 0.2) is 0 Å². The molecule has 1 aliphatic carbocycles. The van der Waals surface area contributed by atoms with Gasteiger partial charge in [0.1, 0.15) is 12.4 Å². The van der Waals surface area contributed by atoms with Gasteiger partial charge in [0, 0.05) is 7.05 Å². The summed E-state index contributed by atoms with van der Waals surface area (Å²) in [6.07, 6.45) is 2.38. The van der Waals surface area contributed by atoms with E-state index in [2.05, 4.69) is 0 Å². The van der Waals surface area contributed by atoms with Crippen LogP contribution in [0.2, 0.25) is 0 Å². The van der Waals surface area contributed by atoms with Gasteiger partial charge in [0.25, 0.3) is 10.0 Å². The molecule has 2 aromatic rings. The molecule has 1 N–H and O–H groups in total. The summed E-state index contributed by atoms with van der Waals surface area (Å²) in [6.45, 7) is -0.558. The number of halogens is 1. The molecule has 0 heterocycles. The zero-order valence-electron chi connectivity index (χ0n) is 16.2. The Morgan fingerprint density at radius 3 is 2.34 bits per heavy atom. The van der Waals surface area contributed by atoms with Crippen LogP contribution in [0.15, 0.2) is 59.5 Å². The number of anilines is 1. The van der Waals surface area contributed by atoms with Crippen LogP contribution >= 0.6 is 0 Å². The number of likely N-dealkylation sites (N-methyl/N-ethyl adjacent to an activating group) is 1. The normalized spacial score (nSPS) is 19.6. The van der Waals surface area contributed by atoms with Crippen LogP contribution in [0.25, 0.3) is 0 Å². The highest BCUT2D eigenvalue weighted by molar-refractivity contribution is 7.92. The summed E-state index contributed by atoms with van der Waals surface area (Å²) in [7, 11) is -2.61. The van der Waals surface area contributed by atoms with Gasteiger partial charge < -0.3 is 10.0 Å². The van der Waals surface area contributed by atoms with E-state index in [1.807, 2.05) is 0 Å². The molecule has 1 amide bonds. The molecule has 0 saturated heterocycles. The number of para-hydroxylation sites is 1. The van der Waals surface area contributed by atoms with Crippen LogP contribution in [0.4, 0.5) is 10.1 Å². The zero-order chi connectivity index (χ0) is 21.0. The van der Waals surface area contributed by atoms with Gasteiger partial charge in [-0.2, -0.15) is 0 Å². The average Bonchev–Trinajstić information content (AvgIpc) is 2.73. The molecule has 1 saturated carbocycles. The number of aliphatic hydroxyl groups is 1. The largest absolute Gasteiger partial charge is 0.391 e. The Balaban J connectivity index is 1.94. The predicted octanol–water partition coefficient (Wildman–Crippen LogP) is 2.78. The van der Waals surface area contributed by atoms with Gasteiger partial charge in [0.2, 0.25) is 5.91 Å². The average molecular weight is 421 g/mol. The number of carbonyl (C=O) groups excluding carboxylic acids is 1. The zero-order valence-corrected chi connectivity index (χ0v) is 17.1. The van der Waals surface area contributed by atoms with Crippen molar-refractivity contribution in [2.24, 2.45) is 0 Å². The first kappa shape index (κ1) is 21.3. The molecule has 29 heavy (non-hydrogen) atoms. The fourth-order valence-corrected chi connectivity index (χ4v) is 5.08. The van der Waals surface area contributed by atoms with Crippen LogP contribution in [-0.4, -0.2) is 50.1 Å². The van der Waals surface area contributed by atoms with Gasteiger partial charge >= 0.3 is 0 Å². The van der Waals surface area contributed by atoms with Gasteiger partial charge in [-0.05, 0) is 37.1 Å². The van der Waals surface area contributed by atoms with E-state index in [4.69, 9.17) is 0 Å². The number of hydrogen-bond acceptors (Lipinski definition) is 4. The molecular weight excluding hydrogens is 395 g/mol. The highest BCUT2D eigenvalue weighted by Gasteiger charge is 2.34. The smallest absolute Gasteiger partial charge is 0.264 e. The van der Waals surface area contributed by atoms with Crippen molar-refractivity contribution < 1.29 is 22.7 Å².